The number of aliphatic carboxylic acids is 1. The lowest BCUT2D eigenvalue weighted by Gasteiger charge is -2.19. The average Bonchev–Trinajstić information content (AvgIpc) is 2.82. The smallest absolute Gasteiger partial charge is 0.303 e. The molecule has 4 rings (SSSR count). The van der Waals surface area contributed by atoms with E-state index in [1.165, 1.54) is 0 Å². The fourth-order valence-electron chi connectivity index (χ4n) is 4.52. The third-order valence-corrected chi connectivity index (χ3v) is 6.11. The molecule has 0 fully saturated rings. The molecule has 0 saturated heterocycles. The van der Waals surface area contributed by atoms with Crippen LogP contribution in [0.15, 0.2) is 78.9 Å². The summed E-state index contributed by atoms with van der Waals surface area (Å²) in [5.41, 5.74) is 6.23. The lowest BCUT2D eigenvalue weighted by Crippen LogP contribution is -2.28. The van der Waals surface area contributed by atoms with Gasteiger partial charge in [-0.3, -0.25) is 9.59 Å². The summed E-state index contributed by atoms with van der Waals surface area (Å²) in [4.78, 5) is 24.7. The van der Waals surface area contributed by atoms with Crippen LogP contribution in [0.1, 0.15) is 52.0 Å². The van der Waals surface area contributed by atoms with E-state index in [0.717, 1.165) is 38.8 Å². The molecule has 0 radical (unpaired) electrons. The maximum Gasteiger partial charge on any atom is 0.303 e. The molecular formula is C30H30N2O3. The highest BCUT2D eigenvalue weighted by molar-refractivity contribution is 5.97. The first kappa shape index (κ1) is 24.0. The van der Waals surface area contributed by atoms with E-state index in [1.54, 1.807) is 6.07 Å². The van der Waals surface area contributed by atoms with E-state index in [0.29, 0.717) is 11.1 Å². The number of hydrogen-bond donors (Lipinski definition) is 3. The topological polar surface area (TPSA) is 78.4 Å². The van der Waals surface area contributed by atoms with Gasteiger partial charge >= 0.3 is 5.97 Å². The Morgan fingerprint density at radius 2 is 1.57 bits per heavy atom. The molecule has 35 heavy (non-hydrogen) atoms. The Balaban J connectivity index is 1.63. The van der Waals surface area contributed by atoms with Crippen LogP contribution in [0.4, 0.5) is 11.4 Å². The quantitative estimate of drug-likeness (QED) is 0.270. The molecule has 0 aliphatic heterocycles. The van der Waals surface area contributed by atoms with Crippen molar-refractivity contribution >= 4 is 34.0 Å². The molecule has 0 aromatic heterocycles. The molecule has 1 amide bonds. The Kier molecular flexibility index (Phi) is 7.16. The van der Waals surface area contributed by atoms with Crippen molar-refractivity contribution in [3.05, 3.63) is 107 Å². The fraction of sp³-hybridized carbons (Fsp3) is 0.200. The summed E-state index contributed by atoms with van der Waals surface area (Å²) in [7, 11) is 0. The second-order valence-electron chi connectivity index (χ2n) is 9.03. The van der Waals surface area contributed by atoms with Crippen molar-refractivity contribution in [3.63, 3.8) is 0 Å². The number of amides is 1. The summed E-state index contributed by atoms with van der Waals surface area (Å²) in [5, 5.41) is 17.9. The number of nitrogens with one attached hydrogen (secondary N) is 2. The second-order valence-corrected chi connectivity index (χ2v) is 9.03. The van der Waals surface area contributed by atoms with Crippen LogP contribution < -0.4 is 10.6 Å². The van der Waals surface area contributed by atoms with E-state index >= 15 is 0 Å². The van der Waals surface area contributed by atoms with Crippen LogP contribution in [0.25, 0.3) is 10.8 Å². The van der Waals surface area contributed by atoms with Gasteiger partial charge in [0, 0.05) is 23.4 Å². The molecule has 5 heteroatoms. The van der Waals surface area contributed by atoms with E-state index < -0.39 is 5.97 Å². The number of carbonyl (C=O) groups excluding carboxylic acids is 1. The number of benzene rings is 4. The van der Waals surface area contributed by atoms with Crippen molar-refractivity contribution in [1.82, 2.24) is 5.32 Å². The molecule has 4 aromatic carbocycles. The maximum atomic E-state index is 13.5. The van der Waals surface area contributed by atoms with Gasteiger partial charge in [-0.25, -0.2) is 0 Å². The highest BCUT2D eigenvalue weighted by Gasteiger charge is 2.18. The predicted molar refractivity (Wildman–Crippen MR) is 141 cm³/mol. The third-order valence-electron chi connectivity index (χ3n) is 6.11. The Hall–Kier alpha value is -4.12. The van der Waals surface area contributed by atoms with E-state index in [9.17, 15) is 14.7 Å². The van der Waals surface area contributed by atoms with E-state index in [1.807, 2.05) is 69.3 Å². The molecule has 0 aliphatic carbocycles. The minimum absolute atomic E-state index is 0.0387. The average molecular weight is 467 g/mol. The van der Waals surface area contributed by atoms with Gasteiger partial charge in [0.2, 0.25) is 0 Å². The van der Waals surface area contributed by atoms with Crippen molar-refractivity contribution < 1.29 is 14.7 Å². The van der Waals surface area contributed by atoms with Gasteiger partial charge in [0.25, 0.3) is 5.91 Å². The normalized spacial score (nSPS) is 11.7. The van der Waals surface area contributed by atoms with Crippen molar-refractivity contribution in [2.45, 2.75) is 39.7 Å². The summed E-state index contributed by atoms with van der Waals surface area (Å²) < 4.78 is 0. The second kappa shape index (κ2) is 10.4. The number of carbonyl (C=O) groups is 2. The SMILES string of the molecule is Cc1cc(C)cc(Nc2ccc(CCC(=O)O)c(C(=O)N[C@H](C)c3cccc4ccccc34)c2)c1. The van der Waals surface area contributed by atoms with Crippen LogP contribution >= 0.6 is 0 Å². The zero-order chi connectivity index (χ0) is 24.9. The number of rotatable bonds is 8. The monoisotopic (exact) mass is 466 g/mol. The van der Waals surface area contributed by atoms with Crippen molar-refractivity contribution in [2.24, 2.45) is 0 Å². The molecule has 1 atom stereocenters. The highest BCUT2D eigenvalue weighted by Crippen LogP contribution is 2.26. The number of carboxylic acids is 1. The summed E-state index contributed by atoms with van der Waals surface area (Å²) >= 11 is 0. The van der Waals surface area contributed by atoms with Crippen molar-refractivity contribution in [1.29, 1.82) is 0 Å². The Morgan fingerprint density at radius 1 is 0.857 bits per heavy atom. The number of carboxylic acid groups (broad SMARTS) is 1. The Labute approximate surface area is 205 Å². The van der Waals surface area contributed by atoms with Crippen LogP contribution in [-0.2, 0) is 11.2 Å². The van der Waals surface area contributed by atoms with E-state index in [-0.39, 0.29) is 24.8 Å². The van der Waals surface area contributed by atoms with Gasteiger partial charge in [-0.2, -0.15) is 0 Å². The molecule has 0 aliphatic rings. The maximum absolute atomic E-state index is 13.5. The number of fused-ring (bicyclic) bond motifs is 1. The van der Waals surface area contributed by atoms with Crippen molar-refractivity contribution in [3.8, 4) is 0 Å². The van der Waals surface area contributed by atoms with Gasteiger partial charge in [-0.15, -0.1) is 0 Å². The minimum atomic E-state index is -0.891. The molecule has 0 heterocycles. The molecule has 0 unspecified atom stereocenters. The first-order valence-corrected chi connectivity index (χ1v) is 11.8. The largest absolute Gasteiger partial charge is 0.481 e. The van der Waals surface area contributed by atoms with Gasteiger partial charge < -0.3 is 15.7 Å². The number of anilines is 2. The van der Waals surface area contributed by atoms with Crippen molar-refractivity contribution in [2.75, 3.05) is 5.32 Å². The zero-order valence-electron chi connectivity index (χ0n) is 20.3. The first-order chi connectivity index (χ1) is 16.8. The predicted octanol–water partition coefficient (Wildman–Crippen LogP) is 6.71. The van der Waals surface area contributed by atoms with Gasteiger partial charge in [0.15, 0.2) is 0 Å². The summed E-state index contributed by atoms with van der Waals surface area (Å²) in [6.45, 7) is 6.05. The molecule has 4 aromatic rings. The molecular weight excluding hydrogens is 436 g/mol. The van der Waals surface area contributed by atoms with E-state index in [4.69, 9.17) is 0 Å². The van der Waals surface area contributed by atoms with Gasteiger partial charge in [0.1, 0.15) is 0 Å². The molecule has 5 nitrogen and oxygen atoms in total. The van der Waals surface area contributed by atoms with Gasteiger partial charge in [-0.1, -0.05) is 54.6 Å². The molecule has 0 spiro atoms. The van der Waals surface area contributed by atoms with E-state index in [2.05, 4.69) is 34.9 Å². The van der Waals surface area contributed by atoms with Gasteiger partial charge in [-0.05, 0) is 84.5 Å². The number of hydrogen-bond acceptors (Lipinski definition) is 3. The minimum Gasteiger partial charge on any atom is -0.481 e. The molecule has 3 N–H and O–H groups in total. The van der Waals surface area contributed by atoms with Crippen LogP contribution in [0.5, 0.6) is 0 Å². The molecule has 0 saturated carbocycles. The van der Waals surface area contributed by atoms with Crippen LogP contribution in [0.2, 0.25) is 0 Å². The van der Waals surface area contributed by atoms with Crippen LogP contribution in [0.3, 0.4) is 0 Å². The Morgan fingerprint density at radius 3 is 2.31 bits per heavy atom. The Bertz CT molecular complexity index is 1370. The van der Waals surface area contributed by atoms with Crippen LogP contribution in [0, 0.1) is 13.8 Å². The lowest BCUT2D eigenvalue weighted by atomic mass is 9.98. The standard InChI is InChI=1S/C30H30N2O3/c1-19-15-20(2)17-25(16-19)32-24-13-11-23(12-14-29(33)34)28(18-24)30(35)31-21(3)26-10-6-8-22-7-4-5-9-27(22)26/h4-11,13,15-18,21,32H,12,14H2,1-3H3,(H,31,35)(H,33,34)/t21-/m1/s1. The molecule has 178 valence electrons. The van der Waals surface area contributed by atoms with Crippen LogP contribution in [-0.4, -0.2) is 17.0 Å². The summed E-state index contributed by atoms with van der Waals surface area (Å²) in [6.07, 6.45) is 0.244. The van der Waals surface area contributed by atoms with Gasteiger partial charge in [0.05, 0.1) is 6.04 Å². The molecule has 0 bridgehead atoms. The summed E-state index contributed by atoms with van der Waals surface area (Å²) in [6, 6.07) is 25.7. The zero-order valence-corrected chi connectivity index (χ0v) is 20.3. The lowest BCUT2D eigenvalue weighted by molar-refractivity contribution is -0.136. The fourth-order valence-corrected chi connectivity index (χ4v) is 4.52. The summed E-state index contributed by atoms with van der Waals surface area (Å²) in [5.74, 6) is -1.12. The third kappa shape index (κ3) is 5.87. The first-order valence-electron chi connectivity index (χ1n) is 11.8. The number of aryl methyl sites for hydroxylation is 3. The highest BCUT2D eigenvalue weighted by atomic mass is 16.4.